The van der Waals surface area contributed by atoms with Crippen LogP contribution in [-0.4, -0.2) is 52.5 Å². The van der Waals surface area contributed by atoms with Gasteiger partial charge in [0.15, 0.2) is 17.2 Å². The minimum Gasteiger partial charge on any atom is -0.461 e. The molecule has 1 aromatic carbocycles. The number of nitrogens with one attached hydrogen (secondary N) is 1. The lowest BCUT2D eigenvalue weighted by Gasteiger charge is -2.43. The molecule has 1 unspecified atom stereocenters. The summed E-state index contributed by atoms with van der Waals surface area (Å²) in [4.78, 5) is 41.0. The van der Waals surface area contributed by atoms with E-state index < -0.39 is 17.4 Å². The maximum absolute atomic E-state index is 13.7. The van der Waals surface area contributed by atoms with Crippen LogP contribution in [0.4, 0.5) is 5.69 Å². The highest BCUT2D eigenvalue weighted by Crippen LogP contribution is 2.40. The van der Waals surface area contributed by atoms with Gasteiger partial charge in [-0.1, -0.05) is 12.8 Å². The lowest BCUT2D eigenvalue weighted by Crippen LogP contribution is -2.65. The zero-order valence-electron chi connectivity index (χ0n) is 18.6. The number of carbonyl (C=O) groups excluding carboxylic acids is 3. The summed E-state index contributed by atoms with van der Waals surface area (Å²) in [6.07, 6.45) is 3.97. The number of ether oxygens (including phenoxy) is 3. The number of rotatable bonds is 5. The molecular weight excluding hydrogens is 428 g/mol. The average Bonchev–Trinajstić information content (AvgIpc) is 3.54. The first kappa shape index (κ1) is 21.3. The van der Waals surface area contributed by atoms with E-state index in [1.807, 2.05) is 0 Å². The Hall–Kier alpha value is -3.56. The predicted molar refractivity (Wildman–Crippen MR) is 116 cm³/mol. The molecule has 1 fully saturated rings. The van der Waals surface area contributed by atoms with E-state index >= 15 is 0 Å². The minimum absolute atomic E-state index is 0.0336. The standard InChI is InChI=1S/C23H26N4O6/c1-3-31-21(29)16-11-17-20(28)27(15-8-9-18-19(10-15)33-13-32-18)23(2,12-26(17)25-16)22(30)24-14-6-4-5-7-14/h8-11,14H,3-7,12-13H2,1-2H3,(H,24,30). The Morgan fingerprint density at radius 2 is 1.97 bits per heavy atom. The largest absolute Gasteiger partial charge is 0.461 e. The molecule has 0 saturated heterocycles. The van der Waals surface area contributed by atoms with Crippen molar-refractivity contribution in [1.29, 1.82) is 0 Å². The SMILES string of the molecule is CCOC(=O)c1cc2n(n1)CC(C)(C(=O)NC1CCCC1)N(c1ccc3c(c1)OCO3)C2=O. The van der Waals surface area contributed by atoms with Crippen molar-refractivity contribution in [2.24, 2.45) is 0 Å². The van der Waals surface area contributed by atoms with Crippen molar-refractivity contribution in [3.63, 3.8) is 0 Å². The highest BCUT2D eigenvalue weighted by atomic mass is 16.7. The Balaban J connectivity index is 1.56. The van der Waals surface area contributed by atoms with E-state index in [2.05, 4.69) is 10.4 Å². The van der Waals surface area contributed by atoms with Crippen LogP contribution in [-0.2, 0) is 16.1 Å². The highest BCUT2D eigenvalue weighted by Gasteiger charge is 2.50. The van der Waals surface area contributed by atoms with Gasteiger partial charge in [0.05, 0.1) is 13.2 Å². The zero-order valence-corrected chi connectivity index (χ0v) is 18.6. The van der Waals surface area contributed by atoms with Crippen LogP contribution >= 0.6 is 0 Å². The van der Waals surface area contributed by atoms with Crippen molar-refractivity contribution in [1.82, 2.24) is 15.1 Å². The number of hydrogen-bond donors (Lipinski definition) is 1. The molecule has 2 amide bonds. The van der Waals surface area contributed by atoms with Gasteiger partial charge < -0.3 is 19.5 Å². The Morgan fingerprint density at radius 1 is 1.21 bits per heavy atom. The van der Waals surface area contributed by atoms with Crippen molar-refractivity contribution < 1.29 is 28.6 Å². The number of amides is 2. The van der Waals surface area contributed by atoms with Gasteiger partial charge in [0.2, 0.25) is 12.7 Å². The molecule has 33 heavy (non-hydrogen) atoms. The van der Waals surface area contributed by atoms with Crippen LogP contribution in [0.25, 0.3) is 0 Å². The molecule has 1 saturated carbocycles. The Kier molecular flexibility index (Phi) is 5.22. The van der Waals surface area contributed by atoms with Gasteiger partial charge in [-0.3, -0.25) is 19.2 Å². The zero-order chi connectivity index (χ0) is 23.2. The summed E-state index contributed by atoms with van der Waals surface area (Å²) in [5.41, 5.74) is -0.537. The van der Waals surface area contributed by atoms with Gasteiger partial charge in [-0.05, 0) is 38.8 Å². The summed E-state index contributed by atoms with van der Waals surface area (Å²) in [5.74, 6) is -0.231. The summed E-state index contributed by atoms with van der Waals surface area (Å²) in [6.45, 7) is 3.79. The van der Waals surface area contributed by atoms with Crippen molar-refractivity contribution >= 4 is 23.5 Å². The molecule has 3 heterocycles. The summed E-state index contributed by atoms with van der Waals surface area (Å²) in [7, 11) is 0. The van der Waals surface area contributed by atoms with Gasteiger partial charge in [0.1, 0.15) is 11.2 Å². The van der Waals surface area contributed by atoms with Crippen molar-refractivity contribution in [2.75, 3.05) is 18.3 Å². The minimum atomic E-state index is -1.28. The summed E-state index contributed by atoms with van der Waals surface area (Å²) < 4.78 is 17.4. The maximum Gasteiger partial charge on any atom is 0.358 e. The predicted octanol–water partition coefficient (Wildman–Crippen LogP) is 2.27. The first-order valence-electron chi connectivity index (χ1n) is 11.2. The van der Waals surface area contributed by atoms with E-state index in [-0.39, 0.29) is 43.3 Å². The third-order valence-electron chi connectivity index (χ3n) is 6.43. The van der Waals surface area contributed by atoms with Crippen LogP contribution in [0.15, 0.2) is 24.3 Å². The molecule has 10 nitrogen and oxygen atoms in total. The second-order valence-corrected chi connectivity index (χ2v) is 8.70. The average molecular weight is 454 g/mol. The number of carbonyl (C=O) groups is 3. The number of nitrogens with zero attached hydrogens (tertiary/aromatic N) is 3. The lowest BCUT2D eigenvalue weighted by atomic mass is 9.93. The third kappa shape index (κ3) is 3.59. The van der Waals surface area contributed by atoms with Crippen molar-refractivity contribution in [2.45, 2.75) is 57.7 Å². The molecule has 3 aliphatic rings. The van der Waals surface area contributed by atoms with E-state index in [1.54, 1.807) is 32.0 Å². The lowest BCUT2D eigenvalue weighted by molar-refractivity contribution is -0.127. The van der Waals surface area contributed by atoms with Crippen LogP contribution < -0.4 is 19.7 Å². The van der Waals surface area contributed by atoms with E-state index in [1.165, 1.54) is 15.6 Å². The number of fused-ring (bicyclic) bond motifs is 2. The van der Waals surface area contributed by atoms with Crippen molar-refractivity contribution in [3.05, 3.63) is 35.7 Å². The number of esters is 1. The van der Waals surface area contributed by atoms with Crippen LogP contribution in [0.1, 0.15) is 60.5 Å². The van der Waals surface area contributed by atoms with Crippen molar-refractivity contribution in [3.8, 4) is 11.5 Å². The fourth-order valence-electron chi connectivity index (χ4n) is 4.73. The molecular formula is C23H26N4O6. The highest BCUT2D eigenvalue weighted by molar-refractivity contribution is 6.12. The van der Waals surface area contributed by atoms with Gasteiger partial charge in [0.25, 0.3) is 5.91 Å². The Labute approximate surface area is 190 Å². The van der Waals surface area contributed by atoms with Gasteiger partial charge >= 0.3 is 5.97 Å². The van der Waals surface area contributed by atoms with E-state index in [4.69, 9.17) is 14.2 Å². The summed E-state index contributed by atoms with van der Waals surface area (Å²) >= 11 is 0. The molecule has 1 atom stereocenters. The van der Waals surface area contributed by atoms with Crippen LogP contribution in [0.3, 0.4) is 0 Å². The third-order valence-corrected chi connectivity index (χ3v) is 6.43. The van der Waals surface area contributed by atoms with Crippen LogP contribution in [0, 0.1) is 0 Å². The van der Waals surface area contributed by atoms with E-state index in [9.17, 15) is 14.4 Å². The number of benzene rings is 1. The monoisotopic (exact) mass is 454 g/mol. The molecule has 5 rings (SSSR count). The number of aromatic nitrogens is 2. The molecule has 10 heteroatoms. The van der Waals surface area contributed by atoms with Crippen LogP contribution in [0.2, 0.25) is 0 Å². The number of hydrogen-bond acceptors (Lipinski definition) is 7. The summed E-state index contributed by atoms with van der Waals surface area (Å²) in [5, 5.41) is 7.41. The van der Waals surface area contributed by atoms with E-state index in [0.717, 1.165) is 25.7 Å². The normalized spacial score (nSPS) is 21.8. The second-order valence-electron chi connectivity index (χ2n) is 8.70. The first-order valence-corrected chi connectivity index (χ1v) is 11.2. The van der Waals surface area contributed by atoms with Gasteiger partial charge in [-0.25, -0.2) is 4.79 Å². The topological polar surface area (TPSA) is 112 Å². The number of anilines is 1. The fourth-order valence-corrected chi connectivity index (χ4v) is 4.73. The molecule has 0 radical (unpaired) electrons. The molecule has 2 aromatic rings. The first-order chi connectivity index (χ1) is 15.9. The molecule has 1 N–H and O–H groups in total. The molecule has 2 aliphatic heterocycles. The second kappa shape index (κ2) is 8.09. The molecule has 1 aliphatic carbocycles. The Bertz CT molecular complexity index is 1120. The fraction of sp³-hybridized carbons (Fsp3) is 0.478. The molecule has 174 valence electrons. The van der Waals surface area contributed by atoms with Gasteiger partial charge in [0, 0.05) is 23.9 Å². The Morgan fingerprint density at radius 3 is 2.73 bits per heavy atom. The molecule has 0 bridgehead atoms. The molecule has 1 aromatic heterocycles. The van der Waals surface area contributed by atoms with Gasteiger partial charge in [-0.15, -0.1) is 0 Å². The summed E-state index contributed by atoms with van der Waals surface area (Å²) in [6, 6.07) is 6.63. The quantitative estimate of drug-likeness (QED) is 0.690. The molecule has 0 spiro atoms. The van der Waals surface area contributed by atoms with Crippen LogP contribution in [0.5, 0.6) is 11.5 Å². The van der Waals surface area contributed by atoms with E-state index in [0.29, 0.717) is 17.2 Å². The maximum atomic E-state index is 13.7. The van der Waals surface area contributed by atoms with Gasteiger partial charge in [-0.2, -0.15) is 5.10 Å². The smallest absolute Gasteiger partial charge is 0.358 e.